The van der Waals surface area contributed by atoms with Crippen LogP contribution in [0.25, 0.3) is 0 Å². The molecular weight excluding hydrogens is 287 g/mol. The first-order chi connectivity index (χ1) is 10.5. The molecule has 0 atom stereocenters. The summed E-state index contributed by atoms with van der Waals surface area (Å²) in [6.45, 7) is 1.67. The average molecular weight is 298 g/mol. The van der Waals surface area contributed by atoms with Crippen molar-refractivity contribution in [2.45, 2.75) is 20.0 Å². The van der Waals surface area contributed by atoms with Crippen molar-refractivity contribution >= 4 is 0 Å². The van der Waals surface area contributed by atoms with Gasteiger partial charge in [-0.15, -0.1) is 0 Å². The van der Waals surface area contributed by atoms with Gasteiger partial charge in [0.2, 0.25) is 0 Å². The zero-order valence-electron chi connectivity index (χ0n) is 11.7. The summed E-state index contributed by atoms with van der Waals surface area (Å²) in [6.07, 6.45) is 1.19. The van der Waals surface area contributed by atoms with Crippen molar-refractivity contribution in [3.8, 4) is 12.1 Å². The summed E-state index contributed by atoms with van der Waals surface area (Å²) in [5, 5.41) is 17.7. The van der Waals surface area contributed by atoms with Gasteiger partial charge < -0.3 is 0 Å². The molecule has 0 aliphatic carbocycles. The second kappa shape index (κ2) is 6.06. The molecule has 7 heteroatoms. The van der Waals surface area contributed by atoms with Gasteiger partial charge in [-0.3, -0.25) is 13.9 Å². The smallest absolute Gasteiger partial charge is 0.299 e. The number of aromatic nitrogens is 2. The molecule has 2 aromatic rings. The summed E-state index contributed by atoms with van der Waals surface area (Å²) in [5.41, 5.74) is -1.33. The van der Waals surface area contributed by atoms with E-state index in [1.165, 1.54) is 22.9 Å². The number of rotatable bonds is 3. The van der Waals surface area contributed by atoms with Crippen LogP contribution in [0.1, 0.15) is 23.6 Å². The van der Waals surface area contributed by atoms with Crippen LogP contribution in [0.5, 0.6) is 0 Å². The van der Waals surface area contributed by atoms with Crippen molar-refractivity contribution in [2.24, 2.45) is 0 Å². The van der Waals surface area contributed by atoms with E-state index in [1.807, 2.05) is 0 Å². The van der Waals surface area contributed by atoms with E-state index in [0.717, 1.165) is 10.6 Å². The maximum atomic E-state index is 13.9. The number of nitriles is 2. The first-order valence-corrected chi connectivity index (χ1v) is 6.44. The van der Waals surface area contributed by atoms with Crippen molar-refractivity contribution < 1.29 is 4.39 Å². The molecule has 0 amide bonds. The molecule has 1 heterocycles. The molecule has 0 saturated carbocycles. The quantitative estimate of drug-likeness (QED) is 0.843. The van der Waals surface area contributed by atoms with Gasteiger partial charge >= 0.3 is 5.69 Å². The molecule has 6 nitrogen and oxygen atoms in total. The van der Waals surface area contributed by atoms with E-state index in [2.05, 4.69) is 0 Å². The zero-order chi connectivity index (χ0) is 16.3. The Bertz CT molecular complexity index is 929. The number of benzene rings is 1. The van der Waals surface area contributed by atoms with Gasteiger partial charge in [-0.2, -0.15) is 10.5 Å². The van der Waals surface area contributed by atoms with Gasteiger partial charge in [0.15, 0.2) is 0 Å². The molecule has 0 spiro atoms. The Labute approximate surface area is 124 Å². The standard InChI is InChI=1S/C15H11FN4O2/c1-2-19-8-12(7-18)14(21)20(15(19)22)9-11-4-3-10(6-17)5-13(11)16/h3-5,8H,2,9H2,1H3. The van der Waals surface area contributed by atoms with E-state index in [0.29, 0.717) is 0 Å². The summed E-state index contributed by atoms with van der Waals surface area (Å²) in [4.78, 5) is 24.2. The second-order valence-electron chi connectivity index (χ2n) is 4.53. The van der Waals surface area contributed by atoms with Crippen molar-refractivity contribution in [3.63, 3.8) is 0 Å². The average Bonchev–Trinajstić information content (AvgIpc) is 2.53. The largest absolute Gasteiger partial charge is 0.331 e. The molecule has 0 bridgehead atoms. The lowest BCUT2D eigenvalue weighted by atomic mass is 10.1. The Morgan fingerprint density at radius 1 is 1.23 bits per heavy atom. The van der Waals surface area contributed by atoms with Crippen LogP contribution in [0.15, 0.2) is 34.0 Å². The van der Waals surface area contributed by atoms with Crippen molar-refractivity contribution in [1.82, 2.24) is 9.13 Å². The Morgan fingerprint density at radius 2 is 1.95 bits per heavy atom. The highest BCUT2D eigenvalue weighted by atomic mass is 19.1. The molecule has 22 heavy (non-hydrogen) atoms. The number of hydrogen-bond acceptors (Lipinski definition) is 4. The van der Waals surface area contributed by atoms with Crippen LogP contribution >= 0.6 is 0 Å². The second-order valence-corrected chi connectivity index (χ2v) is 4.53. The van der Waals surface area contributed by atoms with E-state index in [9.17, 15) is 14.0 Å². The van der Waals surface area contributed by atoms with Crippen LogP contribution in [-0.2, 0) is 13.1 Å². The van der Waals surface area contributed by atoms with Crippen molar-refractivity contribution in [1.29, 1.82) is 10.5 Å². The molecule has 0 saturated heterocycles. The van der Waals surface area contributed by atoms with E-state index >= 15 is 0 Å². The lowest BCUT2D eigenvalue weighted by molar-refractivity contribution is 0.564. The van der Waals surface area contributed by atoms with Gasteiger partial charge in [0.25, 0.3) is 5.56 Å². The maximum absolute atomic E-state index is 13.9. The zero-order valence-corrected chi connectivity index (χ0v) is 11.7. The minimum atomic E-state index is -0.763. The predicted octanol–water partition coefficient (Wildman–Crippen LogP) is 0.961. The van der Waals surface area contributed by atoms with Crippen LogP contribution in [0.2, 0.25) is 0 Å². The minimum Gasteiger partial charge on any atom is -0.299 e. The van der Waals surface area contributed by atoms with E-state index in [-0.39, 0.29) is 29.8 Å². The molecule has 0 N–H and O–H groups in total. The van der Waals surface area contributed by atoms with Gasteiger partial charge in [-0.05, 0) is 19.1 Å². The number of halogens is 1. The highest BCUT2D eigenvalue weighted by Gasteiger charge is 2.13. The normalized spacial score (nSPS) is 10.0. The maximum Gasteiger partial charge on any atom is 0.331 e. The number of hydrogen-bond donors (Lipinski definition) is 0. The molecule has 0 unspecified atom stereocenters. The van der Waals surface area contributed by atoms with Gasteiger partial charge in [0.1, 0.15) is 17.4 Å². The van der Waals surface area contributed by atoms with Gasteiger partial charge in [-0.1, -0.05) is 6.07 Å². The summed E-state index contributed by atoms with van der Waals surface area (Å²) in [7, 11) is 0. The molecular formula is C15H11FN4O2. The van der Waals surface area contributed by atoms with Crippen LogP contribution in [0.3, 0.4) is 0 Å². The molecule has 1 aromatic carbocycles. The fourth-order valence-electron chi connectivity index (χ4n) is 2.01. The molecule has 1 aromatic heterocycles. The number of aryl methyl sites for hydroxylation is 1. The van der Waals surface area contributed by atoms with Crippen LogP contribution < -0.4 is 11.2 Å². The van der Waals surface area contributed by atoms with E-state index < -0.39 is 17.1 Å². The summed E-state index contributed by atoms with van der Waals surface area (Å²) >= 11 is 0. The third-order valence-electron chi connectivity index (χ3n) is 3.21. The van der Waals surface area contributed by atoms with Crippen LogP contribution in [0.4, 0.5) is 4.39 Å². The first kappa shape index (κ1) is 15.2. The first-order valence-electron chi connectivity index (χ1n) is 6.44. The Hall–Kier alpha value is -3.19. The molecule has 2 rings (SSSR count). The lowest BCUT2D eigenvalue weighted by Gasteiger charge is -2.10. The van der Waals surface area contributed by atoms with Crippen molar-refractivity contribution in [3.05, 3.63) is 67.7 Å². The topological polar surface area (TPSA) is 91.6 Å². The third-order valence-corrected chi connectivity index (χ3v) is 3.21. The number of nitrogens with zero attached hydrogens (tertiary/aromatic N) is 4. The molecule has 0 aliphatic heterocycles. The molecule has 110 valence electrons. The predicted molar refractivity (Wildman–Crippen MR) is 75.6 cm³/mol. The summed E-state index contributed by atoms with van der Waals surface area (Å²) in [5.74, 6) is -0.684. The molecule has 0 fully saturated rings. The SMILES string of the molecule is CCn1cc(C#N)c(=O)n(Cc2ccc(C#N)cc2F)c1=O. The fraction of sp³-hybridized carbons (Fsp3) is 0.200. The monoisotopic (exact) mass is 298 g/mol. The lowest BCUT2D eigenvalue weighted by Crippen LogP contribution is -2.41. The highest BCUT2D eigenvalue weighted by molar-refractivity contribution is 5.33. The van der Waals surface area contributed by atoms with Crippen LogP contribution in [0, 0.1) is 28.5 Å². The van der Waals surface area contributed by atoms with Gasteiger partial charge in [0.05, 0.1) is 18.2 Å². The third kappa shape index (κ3) is 2.65. The highest BCUT2D eigenvalue weighted by Crippen LogP contribution is 2.10. The van der Waals surface area contributed by atoms with Crippen LogP contribution in [-0.4, -0.2) is 9.13 Å². The Balaban J connectivity index is 2.60. The summed E-state index contributed by atoms with van der Waals surface area (Å²) in [6, 6.07) is 7.30. The summed E-state index contributed by atoms with van der Waals surface area (Å²) < 4.78 is 15.9. The minimum absolute atomic E-state index is 0.0935. The molecule has 0 radical (unpaired) electrons. The molecule has 0 aliphatic rings. The van der Waals surface area contributed by atoms with Crippen molar-refractivity contribution in [2.75, 3.05) is 0 Å². The Morgan fingerprint density at radius 3 is 2.50 bits per heavy atom. The van der Waals surface area contributed by atoms with Gasteiger partial charge in [-0.25, -0.2) is 9.18 Å². The van der Waals surface area contributed by atoms with E-state index in [4.69, 9.17) is 10.5 Å². The fourth-order valence-corrected chi connectivity index (χ4v) is 2.01. The Kier molecular flexibility index (Phi) is 4.19. The van der Waals surface area contributed by atoms with Gasteiger partial charge in [0, 0.05) is 18.3 Å². The van der Waals surface area contributed by atoms with E-state index in [1.54, 1.807) is 19.1 Å².